The fourth-order valence-corrected chi connectivity index (χ4v) is 3.71. The minimum absolute atomic E-state index is 0.116. The summed E-state index contributed by atoms with van der Waals surface area (Å²) in [5.74, 6) is 0.509. The normalized spacial score (nSPS) is 14.6. The minimum Gasteiger partial charge on any atom is -0.489 e. The first-order valence-electron chi connectivity index (χ1n) is 9.36. The molecule has 1 saturated heterocycles. The van der Waals surface area contributed by atoms with E-state index in [1.165, 1.54) is 25.0 Å². The quantitative estimate of drug-likeness (QED) is 0.572. The SMILES string of the molecule is Cc1cc(N2CCCC2)c2ccc(OCc3ccccc3C(F)(F)F)cc2n1. The average molecular weight is 386 g/mol. The Balaban J connectivity index is 1.61. The van der Waals surface area contributed by atoms with Gasteiger partial charge in [0.05, 0.1) is 11.1 Å². The molecule has 0 N–H and O–H groups in total. The highest BCUT2D eigenvalue weighted by atomic mass is 19.4. The summed E-state index contributed by atoms with van der Waals surface area (Å²) < 4.78 is 45.1. The summed E-state index contributed by atoms with van der Waals surface area (Å²) in [6, 6.07) is 13.1. The minimum atomic E-state index is -4.40. The Morgan fingerprint density at radius 3 is 2.54 bits per heavy atom. The lowest BCUT2D eigenvalue weighted by Crippen LogP contribution is -2.18. The summed E-state index contributed by atoms with van der Waals surface area (Å²) in [4.78, 5) is 6.95. The molecule has 0 bridgehead atoms. The van der Waals surface area contributed by atoms with Gasteiger partial charge in [0, 0.05) is 41.5 Å². The number of halogens is 3. The van der Waals surface area contributed by atoms with E-state index in [9.17, 15) is 13.2 Å². The van der Waals surface area contributed by atoms with Crippen LogP contribution in [-0.2, 0) is 12.8 Å². The molecule has 1 aliphatic rings. The molecule has 6 heteroatoms. The van der Waals surface area contributed by atoms with Crippen molar-refractivity contribution in [2.75, 3.05) is 18.0 Å². The average Bonchev–Trinajstić information content (AvgIpc) is 3.19. The summed E-state index contributed by atoms with van der Waals surface area (Å²) in [5, 5.41) is 1.04. The van der Waals surface area contributed by atoms with Gasteiger partial charge in [-0.15, -0.1) is 0 Å². The van der Waals surface area contributed by atoms with Crippen LogP contribution in [-0.4, -0.2) is 18.1 Å². The Morgan fingerprint density at radius 1 is 1.04 bits per heavy atom. The molecular formula is C22H21F3N2O. The number of benzene rings is 2. The third-order valence-electron chi connectivity index (χ3n) is 5.05. The van der Waals surface area contributed by atoms with Crippen LogP contribution in [0.3, 0.4) is 0 Å². The van der Waals surface area contributed by atoms with Crippen LogP contribution in [0.15, 0.2) is 48.5 Å². The van der Waals surface area contributed by atoms with Crippen molar-refractivity contribution in [2.45, 2.75) is 32.5 Å². The summed E-state index contributed by atoms with van der Waals surface area (Å²) in [5.41, 5.74) is 2.32. The smallest absolute Gasteiger partial charge is 0.416 e. The second-order valence-corrected chi connectivity index (χ2v) is 7.10. The molecule has 0 spiro atoms. The van der Waals surface area contributed by atoms with Crippen LogP contribution in [0.5, 0.6) is 5.75 Å². The van der Waals surface area contributed by atoms with Crippen LogP contribution in [0.25, 0.3) is 10.9 Å². The molecule has 146 valence electrons. The van der Waals surface area contributed by atoms with Gasteiger partial charge in [0.1, 0.15) is 12.4 Å². The van der Waals surface area contributed by atoms with Crippen molar-refractivity contribution in [1.29, 1.82) is 0 Å². The van der Waals surface area contributed by atoms with Crippen LogP contribution >= 0.6 is 0 Å². The first kappa shape index (κ1) is 18.6. The molecule has 3 aromatic rings. The predicted molar refractivity (Wildman–Crippen MR) is 104 cm³/mol. The molecule has 2 heterocycles. The zero-order valence-corrected chi connectivity index (χ0v) is 15.6. The molecule has 1 aliphatic heterocycles. The van der Waals surface area contributed by atoms with Gasteiger partial charge in [-0.3, -0.25) is 4.98 Å². The van der Waals surface area contributed by atoms with Gasteiger partial charge in [0.2, 0.25) is 0 Å². The van der Waals surface area contributed by atoms with Gasteiger partial charge in [-0.2, -0.15) is 13.2 Å². The van der Waals surface area contributed by atoms with Gasteiger partial charge in [-0.1, -0.05) is 18.2 Å². The lowest BCUT2D eigenvalue weighted by atomic mass is 10.1. The van der Waals surface area contributed by atoms with Crippen molar-refractivity contribution in [3.05, 3.63) is 65.4 Å². The van der Waals surface area contributed by atoms with E-state index in [0.29, 0.717) is 5.75 Å². The summed E-state index contributed by atoms with van der Waals surface area (Å²) in [6.07, 6.45) is -2.03. The molecular weight excluding hydrogens is 365 g/mol. The lowest BCUT2D eigenvalue weighted by molar-refractivity contribution is -0.138. The van der Waals surface area contributed by atoms with Gasteiger partial charge in [0.25, 0.3) is 0 Å². The Bertz CT molecular complexity index is 995. The monoisotopic (exact) mass is 386 g/mol. The Morgan fingerprint density at radius 2 is 1.79 bits per heavy atom. The van der Waals surface area contributed by atoms with Crippen molar-refractivity contribution in [3.63, 3.8) is 0 Å². The molecule has 0 unspecified atom stereocenters. The van der Waals surface area contributed by atoms with E-state index in [2.05, 4.69) is 16.0 Å². The maximum Gasteiger partial charge on any atom is 0.416 e. The standard InChI is InChI=1S/C22H21F3N2O/c1-15-12-21(27-10-4-5-11-27)18-9-8-17(13-20(18)26-15)28-14-16-6-2-3-7-19(16)22(23,24)25/h2-3,6-9,12-13H,4-5,10-11,14H2,1H3. The number of pyridine rings is 1. The second kappa shape index (κ2) is 7.34. The number of alkyl halides is 3. The van der Waals surface area contributed by atoms with Crippen LogP contribution in [0.4, 0.5) is 18.9 Å². The van der Waals surface area contributed by atoms with E-state index in [1.54, 1.807) is 18.2 Å². The summed E-state index contributed by atoms with van der Waals surface area (Å²) in [6.45, 7) is 3.87. The fourth-order valence-electron chi connectivity index (χ4n) is 3.71. The number of ether oxygens (including phenoxy) is 1. The maximum atomic E-state index is 13.1. The van der Waals surface area contributed by atoms with Crippen molar-refractivity contribution in [3.8, 4) is 5.75 Å². The van der Waals surface area contributed by atoms with Gasteiger partial charge in [0.15, 0.2) is 0 Å². The van der Waals surface area contributed by atoms with Crippen LogP contribution in [0, 0.1) is 6.92 Å². The van der Waals surface area contributed by atoms with Gasteiger partial charge >= 0.3 is 6.18 Å². The third-order valence-corrected chi connectivity index (χ3v) is 5.05. The van der Waals surface area contributed by atoms with Crippen molar-refractivity contribution in [1.82, 2.24) is 4.98 Å². The predicted octanol–water partition coefficient (Wildman–Crippen LogP) is 5.74. The number of anilines is 1. The highest BCUT2D eigenvalue weighted by Crippen LogP contribution is 2.34. The number of nitrogens with zero attached hydrogens (tertiary/aromatic N) is 2. The largest absolute Gasteiger partial charge is 0.489 e. The van der Waals surface area contributed by atoms with E-state index in [1.807, 2.05) is 13.0 Å². The van der Waals surface area contributed by atoms with Crippen LogP contribution in [0.1, 0.15) is 29.7 Å². The molecule has 4 rings (SSSR count). The molecule has 0 radical (unpaired) electrons. The van der Waals surface area contributed by atoms with Gasteiger partial charge < -0.3 is 9.64 Å². The molecule has 2 aromatic carbocycles. The van der Waals surface area contributed by atoms with E-state index in [-0.39, 0.29) is 12.2 Å². The second-order valence-electron chi connectivity index (χ2n) is 7.10. The maximum absolute atomic E-state index is 13.1. The zero-order chi connectivity index (χ0) is 19.7. The van der Waals surface area contributed by atoms with E-state index in [0.717, 1.165) is 41.4 Å². The van der Waals surface area contributed by atoms with Gasteiger partial charge in [-0.05, 0) is 44.0 Å². The molecule has 0 amide bonds. The Labute approximate surface area is 161 Å². The first-order valence-corrected chi connectivity index (χ1v) is 9.36. The van der Waals surface area contributed by atoms with Crippen molar-refractivity contribution < 1.29 is 17.9 Å². The van der Waals surface area contributed by atoms with Crippen molar-refractivity contribution >= 4 is 16.6 Å². The lowest BCUT2D eigenvalue weighted by Gasteiger charge is -2.20. The number of aromatic nitrogens is 1. The zero-order valence-electron chi connectivity index (χ0n) is 15.6. The van der Waals surface area contributed by atoms with Crippen LogP contribution in [0.2, 0.25) is 0 Å². The molecule has 28 heavy (non-hydrogen) atoms. The molecule has 0 saturated carbocycles. The van der Waals surface area contributed by atoms with E-state index < -0.39 is 11.7 Å². The number of fused-ring (bicyclic) bond motifs is 1. The number of aryl methyl sites for hydroxylation is 1. The summed E-state index contributed by atoms with van der Waals surface area (Å²) >= 11 is 0. The highest BCUT2D eigenvalue weighted by molar-refractivity contribution is 5.93. The summed E-state index contributed by atoms with van der Waals surface area (Å²) in [7, 11) is 0. The van der Waals surface area contributed by atoms with Crippen LogP contribution < -0.4 is 9.64 Å². The number of rotatable bonds is 4. The van der Waals surface area contributed by atoms with E-state index in [4.69, 9.17) is 4.74 Å². The Hall–Kier alpha value is -2.76. The highest BCUT2D eigenvalue weighted by Gasteiger charge is 2.33. The molecule has 1 aromatic heterocycles. The number of hydrogen-bond donors (Lipinski definition) is 0. The first-order chi connectivity index (χ1) is 13.4. The van der Waals surface area contributed by atoms with Gasteiger partial charge in [-0.25, -0.2) is 0 Å². The topological polar surface area (TPSA) is 25.4 Å². The van der Waals surface area contributed by atoms with E-state index >= 15 is 0 Å². The molecule has 0 aliphatic carbocycles. The molecule has 3 nitrogen and oxygen atoms in total. The molecule has 1 fully saturated rings. The Kier molecular flexibility index (Phi) is 4.87. The third kappa shape index (κ3) is 3.77. The van der Waals surface area contributed by atoms with Crippen molar-refractivity contribution in [2.24, 2.45) is 0 Å². The fraction of sp³-hybridized carbons (Fsp3) is 0.318. The molecule has 0 atom stereocenters. The number of hydrogen-bond acceptors (Lipinski definition) is 3.